The van der Waals surface area contributed by atoms with Gasteiger partial charge in [-0.2, -0.15) is 0 Å². The molecule has 0 fully saturated rings. The van der Waals surface area contributed by atoms with Crippen molar-refractivity contribution in [2.45, 2.75) is 32.2 Å². The highest BCUT2D eigenvalue weighted by atomic mass is 35.5. The number of nitrogens with one attached hydrogen (secondary N) is 2. The summed E-state index contributed by atoms with van der Waals surface area (Å²) in [6, 6.07) is 5.16. The van der Waals surface area contributed by atoms with Crippen LogP contribution in [0.25, 0.3) is 0 Å². The molecule has 2 N–H and O–H groups in total. The molecule has 1 aromatic rings. The average Bonchev–Trinajstić information content (AvgIpc) is 2.54. The summed E-state index contributed by atoms with van der Waals surface area (Å²) in [4.78, 5) is 12.6. The maximum absolute atomic E-state index is 12.6. The van der Waals surface area contributed by atoms with Crippen molar-refractivity contribution in [3.05, 3.63) is 28.8 Å². The Morgan fingerprint density at radius 2 is 2.09 bits per heavy atom. The Morgan fingerprint density at radius 3 is 2.64 bits per heavy atom. The van der Waals surface area contributed by atoms with Crippen LogP contribution in [-0.4, -0.2) is 31.7 Å². The molecule has 0 aliphatic carbocycles. The summed E-state index contributed by atoms with van der Waals surface area (Å²) in [5.41, 5.74) is 0.547. The highest BCUT2D eigenvalue weighted by Gasteiger charge is 2.26. The number of halogens is 1. The standard InChI is InChI=1S/C17H23ClN2O2/c1-5-17(6-2,7-3)20-16(21)14-12-13(18)8-9-15(14)19-10-11-22-4/h1,8-9,12,19H,6-7,10-11H2,2-4H3,(H,20,21). The molecule has 0 saturated heterocycles. The summed E-state index contributed by atoms with van der Waals surface area (Å²) >= 11 is 6.02. The van der Waals surface area contributed by atoms with Crippen molar-refractivity contribution in [2.75, 3.05) is 25.6 Å². The molecule has 0 aliphatic rings. The van der Waals surface area contributed by atoms with Crippen LogP contribution in [0.1, 0.15) is 37.0 Å². The Morgan fingerprint density at radius 1 is 1.41 bits per heavy atom. The topological polar surface area (TPSA) is 50.4 Å². The van der Waals surface area contributed by atoms with Crippen molar-refractivity contribution in [1.82, 2.24) is 5.32 Å². The quantitative estimate of drug-likeness (QED) is 0.570. The minimum absolute atomic E-state index is 0.232. The van der Waals surface area contributed by atoms with Crippen LogP contribution in [-0.2, 0) is 4.74 Å². The van der Waals surface area contributed by atoms with Crippen LogP contribution in [0.4, 0.5) is 5.69 Å². The summed E-state index contributed by atoms with van der Waals surface area (Å²) in [5, 5.41) is 6.62. The maximum Gasteiger partial charge on any atom is 0.254 e. The fourth-order valence-corrected chi connectivity index (χ4v) is 2.27. The van der Waals surface area contributed by atoms with Gasteiger partial charge in [-0.05, 0) is 31.0 Å². The van der Waals surface area contributed by atoms with Gasteiger partial charge in [0, 0.05) is 24.4 Å². The van der Waals surface area contributed by atoms with Gasteiger partial charge in [-0.3, -0.25) is 4.79 Å². The first-order valence-corrected chi connectivity index (χ1v) is 7.72. The summed E-state index contributed by atoms with van der Waals surface area (Å²) in [7, 11) is 1.63. The van der Waals surface area contributed by atoms with E-state index in [0.717, 1.165) is 0 Å². The Labute approximate surface area is 137 Å². The Hall–Kier alpha value is -1.70. The molecule has 0 radical (unpaired) electrons. The number of hydrogen-bond donors (Lipinski definition) is 2. The van der Waals surface area contributed by atoms with E-state index < -0.39 is 5.54 Å². The van der Waals surface area contributed by atoms with E-state index in [1.54, 1.807) is 25.3 Å². The van der Waals surface area contributed by atoms with Crippen LogP contribution in [0.15, 0.2) is 18.2 Å². The maximum atomic E-state index is 12.6. The molecule has 1 rings (SSSR count). The van der Waals surface area contributed by atoms with Gasteiger partial charge in [0.05, 0.1) is 12.2 Å². The van der Waals surface area contributed by atoms with E-state index in [0.29, 0.717) is 42.3 Å². The van der Waals surface area contributed by atoms with E-state index in [4.69, 9.17) is 22.8 Å². The monoisotopic (exact) mass is 322 g/mol. The summed E-state index contributed by atoms with van der Waals surface area (Å²) in [6.45, 7) is 5.06. The normalized spacial score (nSPS) is 10.9. The molecule has 120 valence electrons. The second kappa shape index (κ2) is 8.67. The number of rotatable bonds is 8. The molecular weight excluding hydrogens is 300 g/mol. The van der Waals surface area contributed by atoms with Crippen LogP contribution >= 0.6 is 11.6 Å². The van der Waals surface area contributed by atoms with E-state index in [9.17, 15) is 4.79 Å². The van der Waals surface area contributed by atoms with Crippen molar-refractivity contribution in [2.24, 2.45) is 0 Å². The van der Waals surface area contributed by atoms with Crippen LogP contribution in [0.5, 0.6) is 0 Å². The molecule has 1 amide bonds. The first-order valence-electron chi connectivity index (χ1n) is 7.34. The van der Waals surface area contributed by atoms with Gasteiger partial charge in [0.2, 0.25) is 0 Å². The largest absolute Gasteiger partial charge is 0.383 e. The van der Waals surface area contributed by atoms with Crippen LogP contribution < -0.4 is 10.6 Å². The van der Waals surface area contributed by atoms with Crippen LogP contribution in [0.2, 0.25) is 5.02 Å². The third-order valence-electron chi connectivity index (χ3n) is 3.68. The van der Waals surface area contributed by atoms with Gasteiger partial charge in [0.1, 0.15) is 5.54 Å². The molecule has 0 spiro atoms. The lowest BCUT2D eigenvalue weighted by atomic mass is 9.93. The number of anilines is 1. The van der Waals surface area contributed by atoms with Crippen LogP contribution in [0.3, 0.4) is 0 Å². The first kappa shape index (κ1) is 18.3. The van der Waals surface area contributed by atoms with Gasteiger partial charge in [-0.15, -0.1) is 6.42 Å². The van der Waals surface area contributed by atoms with Crippen molar-refractivity contribution in [1.29, 1.82) is 0 Å². The molecule has 0 saturated carbocycles. The second-order valence-electron chi connectivity index (χ2n) is 5.00. The Balaban J connectivity index is 3.01. The number of methoxy groups -OCH3 is 1. The van der Waals surface area contributed by atoms with Crippen LogP contribution in [0, 0.1) is 12.3 Å². The van der Waals surface area contributed by atoms with Crippen molar-refractivity contribution in [3.8, 4) is 12.3 Å². The average molecular weight is 323 g/mol. The van der Waals surface area contributed by atoms with E-state index in [1.807, 2.05) is 13.8 Å². The first-order chi connectivity index (χ1) is 10.5. The zero-order chi connectivity index (χ0) is 16.6. The van der Waals surface area contributed by atoms with E-state index in [1.165, 1.54) is 0 Å². The highest BCUT2D eigenvalue weighted by molar-refractivity contribution is 6.31. The second-order valence-corrected chi connectivity index (χ2v) is 5.43. The molecular formula is C17H23ClN2O2. The zero-order valence-corrected chi connectivity index (χ0v) is 14.1. The van der Waals surface area contributed by atoms with E-state index in [2.05, 4.69) is 16.6 Å². The molecule has 0 aliphatic heterocycles. The fraction of sp³-hybridized carbons (Fsp3) is 0.471. The molecule has 0 unspecified atom stereocenters. The number of benzene rings is 1. The number of hydrogen-bond acceptors (Lipinski definition) is 3. The smallest absolute Gasteiger partial charge is 0.254 e. The lowest BCUT2D eigenvalue weighted by molar-refractivity contribution is 0.0917. The molecule has 4 nitrogen and oxygen atoms in total. The zero-order valence-electron chi connectivity index (χ0n) is 13.3. The van der Waals surface area contributed by atoms with E-state index >= 15 is 0 Å². The van der Waals surface area contributed by atoms with Gasteiger partial charge in [-0.1, -0.05) is 31.4 Å². The lowest BCUT2D eigenvalue weighted by Gasteiger charge is -2.27. The summed E-state index contributed by atoms with van der Waals surface area (Å²) < 4.78 is 5.00. The molecule has 5 heteroatoms. The molecule has 22 heavy (non-hydrogen) atoms. The van der Waals surface area contributed by atoms with Crippen molar-refractivity contribution < 1.29 is 9.53 Å². The predicted octanol–water partition coefficient (Wildman–Crippen LogP) is 3.32. The number of ether oxygens (including phenoxy) is 1. The van der Waals surface area contributed by atoms with Gasteiger partial charge in [-0.25, -0.2) is 0 Å². The number of amides is 1. The lowest BCUT2D eigenvalue weighted by Crippen LogP contribution is -2.46. The molecule has 0 atom stereocenters. The fourth-order valence-electron chi connectivity index (χ4n) is 2.10. The van der Waals surface area contributed by atoms with Gasteiger partial charge in [0.25, 0.3) is 5.91 Å². The van der Waals surface area contributed by atoms with Gasteiger partial charge >= 0.3 is 0 Å². The summed E-state index contributed by atoms with van der Waals surface area (Å²) in [5.74, 6) is 2.46. The Kier molecular flexibility index (Phi) is 7.23. The minimum atomic E-state index is -0.636. The summed E-state index contributed by atoms with van der Waals surface area (Å²) in [6.07, 6.45) is 6.93. The molecule has 1 aromatic carbocycles. The Bertz CT molecular complexity index is 548. The third kappa shape index (κ3) is 4.66. The number of carbonyl (C=O) groups excluding carboxylic acids is 1. The number of carbonyl (C=O) groups is 1. The van der Waals surface area contributed by atoms with Gasteiger partial charge < -0.3 is 15.4 Å². The third-order valence-corrected chi connectivity index (χ3v) is 3.92. The van der Waals surface area contributed by atoms with E-state index in [-0.39, 0.29) is 5.91 Å². The molecule has 0 heterocycles. The highest BCUT2D eigenvalue weighted by Crippen LogP contribution is 2.22. The molecule has 0 bridgehead atoms. The van der Waals surface area contributed by atoms with Gasteiger partial charge in [0.15, 0.2) is 0 Å². The van der Waals surface area contributed by atoms with Crippen molar-refractivity contribution in [3.63, 3.8) is 0 Å². The SMILES string of the molecule is C#CC(CC)(CC)NC(=O)c1cc(Cl)ccc1NCCOC. The number of terminal acetylenes is 1. The minimum Gasteiger partial charge on any atom is -0.383 e. The van der Waals surface area contributed by atoms with Crippen molar-refractivity contribution >= 4 is 23.2 Å². The molecule has 0 aromatic heterocycles. The predicted molar refractivity (Wildman–Crippen MR) is 91.4 cm³/mol.